The number of nitrogens with one attached hydrogen (secondary N) is 1. The molecule has 4 rings (SSSR count). The Labute approximate surface area is 190 Å². The second-order valence-electron chi connectivity index (χ2n) is 7.84. The second-order valence-corrected chi connectivity index (χ2v) is 10.1. The fourth-order valence-electron chi connectivity index (χ4n) is 3.33. The zero-order valence-electron chi connectivity index (χ0n) is 18.1. The predicted octanol–water partition coefficient (Wildman–Crippen LogP) is 3.74. The van der Waals surface area contributed by atoms with Crippen LogP contribution in [0.4, 0.5) is 14.7 Å². The monoisotopic (exact) mass is 478 g/mol. The van der Waals surface area contributed by atoms with Gasteiger partial charge in [-0.2, -0.15) is 13.1 Å². The summed E-state index contributed by atoms with van der Waals surface area (Å²) in [5.74, 6) is -0.638. The van der Waals surface area contributed by atoms with E-state index in [1.165, 1.54) is 16.7 Å². The van der Waals surface area contributed by atoms with Gasteiger partial charge in [-0.05, 0) is 25.3 Å². The van der Waals surface area contributed by atoms with E-state index in [1.807, 2.05) is 38.1 Å². The maximum atomic E-state index is 12.8. The normalized spacial score (nSPS) is 15.2. The quantitative estimate of drug-likeness (QED) is 0.469. The molecule has 0 bridgehead atoms. The van der Waals surface area contributed by atoms with Gasteiger partial charge in [-0.25, -0.2) is 18.4 Å². The van der Waals surface area contributed by atoms with Crippen molar-refractivity contribution in [2.45, 2.75) is 44.4 Å². The van der Waals surface area contributed by atoms with Gasteiger partial charge in [0.05, 0.1) is 16.9 Å². The molecule has 0 amide bonds. The van der Waals surface area contributed by atoms with Crippen LogP contribution in [0.2, 0.25) is 0 Å². The highest BCUT2D eigenvalue weighted by Crippen LogP contribution is 2.32. The van der Waals surface area contributed by atoms with Gasteiger partial charge in [0.15, 0.2) is 0 Å². The van der Waals surface area contributed by atoms with Gasteiger partial charge in [-0.3, -0.25) is 0 Å². The predicted molar refractivity (Wildman–Crippen MR) is 117 cm³/mol. The van der Waals surface area contributed by atoms with Crippen molar-refractivity contribution in [3.63, 3.8) is 0 Å². The van der Waals surface area contributed by atoms with E-state index in [0.29, 0.717) is 24.9 Å². The number of anilines is 1. The zero-order chi connectivity index (χ0) is 23.6. The lowest BCUT2D eigenvalue weighted by atomic mass is 10.1. The van der Waals surface area contributed by atoms with Crippen LogP contribution in [-0.2, 0) is 10.0 Å². The summed E-state index contributed by atoms with van der Waals surface area (Å²) in [5, 5.41) is 9.77. The minimum absolute atomic E-state index is 0.111. The Morgan fingerprint density at radius 1 is 1.15 bits per heavy atom. The molecule has 9 nitrogen and oxygen atoms in total. The van der Waals surface area contributed by atoms with E-state index in [0.717, 1.165) is 11.1 Å². The Morgan fingerprint density at radius 2 is 1.82 bits per heavy atom. The summed E-state index contributed by atoms with van der Waals surface area (Å²) in [5.41, 5.74) is 2.26. The molecule has 2 aromatic heterocycles. The molecule has 1 saturated carbocycles. The van der Waals surface area contributed by atoms with Gasteiger partial charge in [0, 0.05) is 25.5 Å². The van der Waals surface area contributed by atoms with E-state index in [4.69, 9.17) is 4.42 Å². The van der Waals surface area contributed by atoms with Crippen LogP contribution in [0.1, 0.15) is 49.3 Å². The fraction of sp³-hybridized carbons (Fsp3) is 0.429. The van der Waals surface area contributed by atoms with Gasteiger partial charge in [-0.15, -0.1) is 10.2 Å². The third kappa shape index (κ3) is 5.33. The summed E-state index contributed by atoms with van der Waals surface area (Å²) in [6, 6.07) is 7.37. The highest BCUT2D eigenvalue weighted by molar-refractivity contribution is 7.90. The van der Waals surface area contributed by atoms with Crippen molar-refractivity contribution in [3.8, 4) is 11.5 Å². The number of nitrogens with zero attached hydrogens (tertiary/aromatic N) is 5. The minimum atomic E-state index is -3.37. The van der Waals surface area contributed by atoms with Crippen molar-refractivity contribution in [1.29, 1.82) is 0 Å². The summed E-state index contributed by atoms with van der Waals surface area (Å²) >= 11 is 0. The fourth-order valence-corrected chi connectivity index (χ4v) is 5.20. The molecule has 1 unspecified atom stereocenters. The zero-order valence-corrected chi connectivity index (χ0v) is 19.0. The summed E-state index contributed by atoms with van der Waals surface area (Å²) in [4.78, 5) is 8.46. The molecule has 0 radical (unpaired) electrons. The third-order valence-corrected chi connectivity index (χ3v) is 7.79. The first-order valence-corrected chi connectivity index (χ1v) is 12.0. The van der Waals surface area contributed by atoms with Crippen LogP contribution in [0.25, 0.3) is 11.5 Å². The summed E-state index contributed by atoms with van der Waals surface area (Å²) < 4.78 is 57.4. The average Bonchev–Trinajstić information content (AvgIpc) is 3.55. The molecule has 1 aliphatic carbocycles. The van der Waals surface area contributed by atoms with Gasteiger partial charge in [0.25, 0.3) is 11.8 Å². The van der Waals surface area contributed by atoms with E-state index >= 15 is 0 Å². The lowest BCUT2D eigenvalue weighted by Gasteiger charge is -2.27. The molecule has 33 heavy (non-hydrogen) atoms. The number of halogens is 2. The van der Waals surface area contributed by atoms with Crippen LogP contribution in [0.15, 0.2) is 41.1 Å². The Bertz CT molecular complexity index is 1180. The lowest BCUT2D eigenvalue weighted by Crippen LogP contribution is -2.38. The van der Waals surface area contributed by atoms with Crippen LogP contribution in [0, 0.1) is 6.92 Å². The Morgan fingerprint density at radius 3 is 2.36 bits per heavy atom. The standard InChI is InChI=1S/C21H24F2N6O3S/c1-3-29(33(30,31)16-8-9-16)12-17(14-6-4-13(2)5-7-14)26-21-24-10-15(11-25-21)19-27-28-20(32-19)18(22)23/h4-7,10-11,16-18H,3,8-9,12H2,1-2H3,(H,24,25,26). The minimum Gasteiger partial charge on any atom is -0.415 e. The summed E-state index contributed by atoms with van der Waals surface area (Å²) in [6.07, 6.45) is 1.27. The number of alkyl halides is 2. The van der Waals surface area contributed by atoms with Gasteiger partial charge >= 0.3 is 6.43 Å². The molecule has 2 heterocycles. The van der Waals surface area contributed by atoms with Crippen molar-refractivity contribution < 1.29 is 21.6 Å². The number of hydrogen-bond acceptors (Lipinski definition) is 8. The molecular weight excluding hydrogens is 454 g/mol. The molecule has 3 aromatic rings. The summed E-state index contributed by atoms with van der Waals surface area (Å²) in [7, 11) is -3.37. The van der Waals surface area contributed by atoms with E-state index in [-0.39, 0.29) is 23.6 Å². The first-order chi connectivity index (χ1) is 15.8. The number of rotatable bonds is 10. The van der Waals surface area contributed by atoms with Crippen LogP contribution in [-0.4, -0.2) is 51.2 Å². The van der Waals surface area contributed by atoms with Crippen molar-refractivity contribution in [2.24, 2.45) is 0 Å². The third-order valence-electron chi connectivity index (χ3n) is 5.35. The molecular formula is C21H24F2N6O3S. The molecule has 1 fully saturated rings. The van der Waals surface area contributed by atoms with Crippen LogP contribution in [0.5, 0.6) is 0 Å². The van der Waals surface area contributed by atoms with E-state index < -0.39 is 28.4 Å². The Kier molecular flexibility index (Phi) is 6.66. The number of aromatic nitrogens is 4. The second kappa shape index (κ2) is 9.48. The van der Waals surface area contributed by atoms with Gasteiger partial charge in [0.1, 0.15) is 0 Å². The number of likely N-dealkylation sites (N-methyl/N-ethyl adjacent to an activating group) is 1. The molecule has 0 saturated heterocycles. The molecule has 1 N–H and O–H groups in total. The Hall–Kier alpha value is -2.99. The number of aryl methyl sites for hydroxylation is 1. The molecule has 1 aliphatic rings. The smallest absolute Gasteiger partial charge is 0.314 e. The van der Waals surface area contributed by atoms with Crippen molar-refractivity contribution in [1.82, 2.24) is 24.5 Å². The molecule has 0 aliphatic heterocycles. The van der Waals surface area contributed by atoms with Crippen molar-refractivity contribution in [3.05, 3.63) is 53.7 Å². The highest BCUT2D eigenvalue weighted by atomic mass is 32.2. The average molecular weight is 479 g/mol. The SMILES string of the molecule is CCN(CC(Nc1ncc(-c2nnc(C(F)F)o2)cn1)c1ccc(C)cc1)S(=O)(=O)C1CC1. The molecule has 12 heteroatoms. The van der Waals surface area contributed by atoms with Gasteiger partial charge in [0.2, 0.25) is 16.0 Å². The van der Waals surface area contributed by atoms with E-state index in [9.17, 15) is 17.2 Å². The number of sulfonamides is 1. The van der Waals surface area contributed by atoms with Crippen LogP contribution < -0.4 is 5.32 Å². The summed E-state index contributed by atoms with van der Waals surface area (Å²) in [6.45, 7) is 4.35. The van der Waals surface area contributed by atoms with Crippen LogP contribution in [0.3, 0.4) is 0 Å². The molecule has 1 atom stereocenters. The van der Waals surface area contributed by atoms with Gasteiger partial charge in [-0.1, -0.05) is 36.8 Å². The van der Waals surface area contributed by atoms with Gasteiger partial charge < -0.3 is 9.73 Å². The Balaban J connectivity index is 1.56. The molecule has 1 aromatic carbocycles. The van der Waals surface area contributed by atoms with Crippen molar-refractivity contribution >= 4 is 16.0 Å². The van der Waals surface area contributed by atoms with E-state index in [2.05, 4.69) is 25.5 Å². The number of benzene rings is 1. The van der Waals surface area contributed by atoms with Crippen molar-refractivity contribution in [2.75, 3.05) is 18.4 Å². The first kappa shape index (κ1) is 23.2. The first-order valence-electron chi connectivity index (χ1n) is 10.5. The molecule has 0 spiro atoms. The largest absolute Gasteiger partial charge is 0.415 e. The van der Waals surface area contributed by atoms with Crippen LogP contribution >= 0.6 is 0 Å². The maximum Gasteiger partial charge on any atom is 0.314 e. The topological polar surface area (TPSA) is 114 Å². The highest BCUT2D eigenvalue weighted by Gasteiger charge is 2.40. The van der Waals surface area contributed by atoms with E-state index in [1.54, 1.807) is 0 Å². The lowest BCUT2D eigenvalue weighted by molar-refractivity contribution is 0.116. The maximum absolute atomic E-state index is 12.8. The number of hydrogen-bond donors (Lipinski definition) is 1. The molecule has 176 valence electrons.